The van der Waals surface area contributed by atoms with Crippen molar-refractivity contribution in [3.8, 4) is 11.1 Å². The number of anilines is 2. The van der Waals surface area contributed by atoms with Crippen LogP contribution in [-0.2, 0) is 0 Å². The summed E-state index contributed by atoms with van der Waals surface area (Å²) in [5, 5.41) is 4.46. The van der Waals surface area contributed by atoms with E-state index in [1.165, 1.54) is 9.80 Å². The first-order valence-corrected chi connectivity index (χ1v) is 19.0. The van der Waals surface area contributed by atoms with E-state index < -0.39 is 0 Å². The Morgan fingerprint density at radius 1 is 0.310 bits per heavy atom. The normalized spacial score (nSPS) is 13.8. The molecule has 0 N–H and O–H groups in total. The van der Waals surface area contributed by atoms with Gasteiger partial charge in [0, 0.05) is 0 Å². The predicted octanol–water partition coefficient (Wildman–Crippen LogP) is 11.6. The molecule has 6 nitrogen and oxygen atoms in total. The maximum Gasteiger partial charge on any atom is 0.266 e. The molecule has 0 fully saturated rings. The van der Waals surface area contributed by atoms with Gasteiger partial charge in [0.25, 0.3) is 23.6 Å². The van der Waals surface area contributed by atoms with Crippen LogP contribution >= 0.6 is 0 Å². The van der Waals surface area contributed by atoms with Crippen LogP contribution in [0, 0.1) is 0 Å². The molecule has 2 aliphatic heterocycles. The lowest BCUT2D eigenvalue weighted by Gasteiger charge is -2.17. The van der Waals surface area contributed by atoms with E-state index in [1.54, 1.807) is 48.5 Å². The maximum atomic E-state index is 13.1. The van der Waals surface area contributed by atoms with E-state index in [0.29, 0.717) is 33.6 Å². The van der Waals surface area contributed by atoms with Crippen LogP contribution in [0.1, 0.15) is 63.7 Å². The molecule has 4 amide bonds. The molecular weight excluding hydrogens is 717 g/mol. The molecule has 0 aliphatic carbocycles. The highest BCUT2D eigenvalue weighted by Crippen LogP contribution is 2.41. The topological polar surface area (TPSA) is 74.8 Å². The van der Waals surface area contributed by atoms with Gasteiger partial charge in [-0.3, -0.25) is 19.2 Å². The number of amides is 4. The average molecular weight is 749 g/mol. The molecule has 0 saturated heterocycles. The number of carbonyl (C=O) groups is 4. The van der Waals surface area contributed by atoms with Crippen molar-refractivity contribution in [2.75, 3.05) is 9.80 Å². The summed E-state index contributed by atoms with van der Waals surface area (Å²) in [6.07, 6.45) is 8.34. The van der Waals surface area contributed by atoms with Gasteiger partial charge in [-0.1, -0.05) is 146 Å². The fraction of sp³-hybridized carbons (Fsp3) is 0. The summed E-state index contributed by atoms with van der Waals surface area (Å²) in [7, 11) is 0. The predicted molar refractivity (Wildman–Crippen MR) is 233 cm³/mol. The Labute approximate surface area is 334 Å². The molecular formula is C52H32N2O4. The van der Waals surface area contributed by atoms with E-state index in [1.807, 2.05) is 60.7 Å². The molecule has 0 saturated carbocycles. The van der Waals surface area contributed by atoms with Crippen molar-refractivity contribution >= 4 is 80.9 Å². The van der Waals surface area contributed by atoms with E-state index >= 15 is 0 Å². The second-order valence-corrected chi connectivity index (χ2v) is 14.3. The molecule has 0 aromatic heterocycles. The molecule has 0 spiro atoms. The smallest absolute Gasteiger partial charge is 0.266 e. The number of benzene rings is 8. The van der Waals surface area contributed by atoms with Gasteiger partial charge in [0.05, 0.1) is 33.6 Å². The molecule has 0 bridgehead atoms. The monoisotopic (exact) mass is 748 g/mol. The largest absolute Gasteiger partial charge is 0.268 e. The van der Waals surface area contributed by atoms with Gasteiger partial charge in [-0.15, -0.1) is 0 Å². The minimum Gasteiger partial charge on any atom is -0.268 e. The van der Waals surface area contributed by atoms with Crippen molar-refractivity contribution in [2.24, 2.45) is 0 Å². The fourth-order valence-corrected chi connectivity index (χ4v) is 8.10. The van der Waals surface area contributed by atoms with E-state index in [9.17, 15) is 19.2 Å². The minimum atomic E-state index is -0.317. The van der Waals surface area contributed by atoms with Crippen molar-refractivity contribution in [3.63, 3.8) is 0 Å². The number of rotatable bonds is 7. The zero-order chi connectivity index (χ0) is 39.3. The lowest BCUT2D eigenvalue weighted by Crippen LogP contribution is -2.29. The van der Waals surface area contributed by atoms with Gasteiger partial charge < -0.3 is 0 Å². The highest BCUT2D eigenvalue weighted by Gasteiger charge is 2.37. The molecule has 2 aliphatic rings. The highest BCUT2D eigenvalue weighted by molar-refractivity contribution is 6.35. The minimum absolute atomic E-state index is 0.317. The highest BCUT2D eigenvalue weighted by atomic mass is 16.2. The number of hydrogen-bond donors (Lipinski definition) is 0. The molecule has 6 heteroatoms. The summed E-state index contributed by atoms with van der Waals surface area (Å²) in [5.41, 5.74) is 8.80. The molecule has 8 aromatic carbocycles. The van der Waals surface area contributed by atoms with Crippen molar-refractivity contribution in [1.29, 1.82) is 0 Å². The van der Waals surface area contributed by atoms with E-state index in [4.69, 9.17) is 0 Å². The van der Waals surface area contributed by atoms with Crippen LogP contribution in [-0.4, -0.2) is 23.6 Å². The van der Waals surface area contributed by atoms with Gasteiger partial charge in [0.15, 0.2) is 0 Å². The molecule has 0 radical (unpaired) electrons. The summed E-state index contributed by atoms with van der Waals surface area (Å²) < 4.78 is 0. The van der Waals surface area contributed by atoms with Crippen LogP contribution in [0.3, 0.4) is 0 Å². The van der Waals surface area contributed by atoms with Gasteiger partial charge in [-0.05, 0) is 103 Å². The van der Waals surface area contributed by atoms with E-state index in [2.05, 4.69) is 85.0 Å². The Balaban J connectivity index is 1.01. The standard InChI is InChI=1S/C52H32N2O4/c55-49-43-13-5-6-14-44(43)50(56)53(49)39-29-19-33(20-30-39)17-23-37-27-25-35-9-1-3-11-41(35)47(37)48-38(28-26-36-10-2-4-12-42(36)48)24-18-34-21-31-40(32-22-34)54-51(57)45-15-7-8-16-46(45)52(54)58/h1-32H/b23-17+,24-18+. The number of carbonyl (C=O) groups excluding carboxylic acids is 4. The number of imide groups is 2. The fourth-order valence-electron chi connectivity index (χ4n) is 8.10. The summed E-state index contributed by atoms with van der Waals surface area (Å²) >= 11 is 0. The molecule has 274 valence electrons. The van der Waals surface area contributed by atoms with Crippen LogP contribution < -0.4 is 9.80 Å². The molecule has 58 heavy (non-hydrogen) atoms. The summed E-state index contributed by atoms with van der Waals surface area (Å²) in [6.45, 7) is 0. The third-order valence-corrected chi connectivity index (χ3v) is 11.0. The summed E-state index contributed by atoms with van der Waals surface area (Å²) in [5.74, 6) is -1.27. The number of fused-ring (bicyclic) bond motifs is 4. The third-order valence-electron chi connectivity index (χ3n) is 11.0. The summed E-state index contributed by atoms with van der Waals surface area (Å²) in [4.78, 5) is 54.9. The molecule has 8 aromatic rings. The Kier molecular flexibility index (Phi) is 8.31. The third kappa shape index (κ3) is 5.74. The summed E-state index contributed by atoms with van der Waals surface area (Å²) in [6, 6.07) is 54.1. The zero-order valence-corrected chi connectivity index (χ0v) is 31.0. The van der Waals surface area contributed by atoms with E-state index in [0.717, 1.165) is 54.9 Å². The van der Waals surface area contributed by atoms with Crippen LogP contribution in [0.15, 0.2) is 170 Å². The SMILES string of the molecule is O=C1c2ccccc2C(=O)N1c1ccc(/C=C/c2ccc3ccccc3c2-c2c(/C=C/c3ccc(N4C(=O)c5ccccc5C4=O)cc3)ccc3ccccc23)cc1. The lowest BCUT2D eigenvalue weighted by atomic mass is 9.86. The Bertz CT molecular complexity index is 2810. The van der Waals surface area contributed by atoms with Gasteiger partial charge in [0.2, 0.25) is 0 Å². The number of hydrogen-bond acceptors (Lipinski definition) is 4. The first-order valence-electron chi connectivity index (χ1n) is 19.0. The van der Waals surface area contributed by atoms with Crippen LogP contribution in [0.4, 0.5) is 11.4 Å². The molecule has 0 atom stereocenters. The first-order chi connectivity index (χ1) is 28.4. The second kappa shape index (κ2) is 14.0. The van der Waals surface area contributed by atoms with Crippen LogP contribution in [0.5, 0.6) is 0 Å². The van der Waals surface area contributed by atoms with Crippen molar-refractivity contribution in [1.82, 2.24) is 0 Å². The molecule has 2 heterocycles. The zero-order valence-electron chi connectivity index (χ0n) is 31.0. The Hall–Kier alpha value is -7.96. The van der Waals surface area contributed by atoms with Crippen LogP contribution in [0.2, 0.25) is 0 Å². The maximum absolute atomic E-state index is 13.1. The van der Waals surface area contributed by atoms with Gasteiger partial charge in [-0.25, -0.2) is 9.80 Å². The second-order valence-electron chi connectivity index (χ2n) is 14.3. The molecule has 10 rings (SSSR count). The molecule has 0 unspecified atom stereocenters. The quantitative estimate of drug-likeness (QED) is 0.120. The van der Waals surface area contributed by atoms with E-state index in [-0.39, 0.29) is 23.6 Å². The van der Waals surface area contributed by atoms with Gasteiger partial charge in [-0.2, -0.15) is 0 Å². The van der Waals surface area contributed by atoms with Gasteiger partial charge >= 0.3 is 0 Å². The van der Waals surface area contributed by atoms with Crippen LogP contribution in [0.25, 0.3) is 57.0 Å². The van der Waals surface area contributed by atoms with Crippen molar-refractivity contribution < 1.29 is 19.2 Å². The van der Waals surface area contributed by atoms with Crippen molar-refractivity contribution in [2.45, 2.75) is 0 Å². The lowest BCUT2D eigenvalue weighted by molar-refractivity contribution is 0.0910. The van der Waals surface area contributed by atoms with Gasteiger partial charge in [0.1, 0.15) is 0 Å². The Morgan fingerprint density at radius 3 is 1.00 bits per heavy atom. The first kappa shape index (κ1) is 34.5. The number of nitrogens with zero attached hydrogens (tertiary/aromatic N) is 2. The Morgan fingerprint density at radius 2 is 0.638 bits per heavy atom. The van der Waals surface area contributed by atoms with Crippen molar-refractivity contribution in [3.05, 3.63) is 214 Å². The average Bonchev–Trinajstić information content (AvgIpc) is 3.68.